The summed E-state index contributed by atoms with van der Waals surface area (Å²) in [4.78, 5) is 23.5. The number of carbonyl (C=O) groups excluding carboxylic acids is 1. The van der Waals surface area contributed by atoms with Crippen LogP contribution >= 0.6 is 0 Å². The number of furan rings is 1. The monoisotopic (exact) mass is 299 g/mol. The Balaban J connectivity index is 1.82. The number of aromatic carboxylic acids is 1. The number of amides is 1. The number of hydrogen-bond donors (Lipinski definition) is 2. The largest absolute Gasteiger partial charge is 0.478 e. The van der Waals surface area contributed by atoms with Gasteiger partial charge < -0.3 is 14.8 Å². The maximum absolute atomic E-state index is 12.4. The van der Waals surface area contributed by atoms with Crippen LogP contribution in [0.2, 0.25) is 0 Å². The number of carboxylic acids is 1. The van der Waals surface area contributed by atoms with Gasteiger partial charge in [-0.05, 0) is 18.4 Å². The number of nitrogens with one attached hydrogen (secondary N) is 1. The second-order valence-electron chi connectivity index (χ2n) is 5.51. The van der Waals surface area contributed by atoms with Crippen LogP contribution in [0.3, 0.4) is 0 Å². The van der Waals surface area contributed by atoms with Crippen LogP contribution in [0.1, 0.15) is 52.0 Å². The number of carboxylic acid groups (broad SMARTS) is 1. The number of carbonyl (C=O) groups is 2. The minimum atomic E-state index is -1.08. The van der Waals surface area contributed by atoms with Crippen molar-refractivity contribution >= 4 is 11.9 Å². The molecule has 2 N–H and O–H groups in total. The maximum Gasteiger partial charge on any atom is 0.339 e. The molecular weight excluding hydrogens is 282 g/mol. The van der Waals surface area contributed by atoms with Crippen molar-refractivity contribution in [3.8, 4) is 0 Å². The Hall–Kier alpha value is -2.56. The van der Waals surface area contributed by atoms with Crippen LogP contribution in [0, 0.1) is 0 Å². The fraction of sp³-hybridized carbons (Fsp3) is 0.294. The molecule has 3 rings (SSSR count). The highest BCUT2D eigenvalue weighted by Gasteiger charge is 2.46. The summed E-state index contributed by atoms with van der Waals surface area (Å²) in [5, 5.41) is 12.1. The van der Waals surface area contributed by atoms with E-state index in [0.29, 0.717) is 12.2 Å². The van der Waals surface area contributed by atoms with Crippen molar-refractivity contribution in [2.45, 2.75) is 31.7 Å². The van der Waals surface area contributed by atoms with E-state index in [0.717, 1.165) is 18.4 Å². The molecule has 1 fully saturated rings. The molecule has 5 heteroatoms. The van der Waals surface area contributed by atoms with Crippen molar-refractivity contribution in [2.75, 3.05) is 0 Å². The Morgan fingerprint density at radius 1 is 1.27 bits per heavy atom. The zero-order chi connectivity index (χ0) is 15.7. The fourth-order valence-corrected chi connectivity index (χ4v) is 2.63. The lowest BCUT2D eigenvalue weighted by atomic mass is 10.0. The van der Waals surface area contributed by atoms with Gasteiger partial charge in [0.2, 0.25) is 0 Å². The van der Waals surface area contributed by atoms with Gasteiger partial charge in [0, 0.05) is 12.5 Å². The minimum Gasteiger partial charge on any atom is -0.478 e. The second kappa shape index (κ2) is 5.33. The molecular formula is C17H17NO4. The van der Waals surface area contributed by atoms with Crippen molar-refractivity contribution in [2.24, 2.45) is 0 Å². The third-order valence-electron chi connectivity index (χ3n) is 4.01. The van der Waals surface area contributed by atoms with Gasteiger partial charge in [-0.2, -0.15) is 0 Å². The molecule has 22 heavy (non-hydrogen) atoms. The predicted octanol–water partition coefficient (Wildman–Crippen LogP) is 2.96. The number of hydrogen-bond acceptors (Lipinski definition) is 3. The number of benzene rings is 1. The zero-order valence-corrected chi connectivity index (χ0v) is 12.3. The van der Waals surface area contributed by atoms with E-state index in [1.165, 1.54) is 6.07 Å². The van der Waals surface area contributed by atoms with E-state index >= 15 is 0 Å². The van der Waals surface area contributed by atoms with Crippen LogP contribution in [-0.2, 0) is 12.0 Å². The summed E-state index contributed by atoms with van der Waals surface area (Å²) in [7, 11) is 0. The highest BCUT2D eigenvalue weighted by molar-refractivity contribution is 5.96. The van der Waals surface area contributed by atoms with Gasteiger partial charge in [0.1, 0.15) is 11.3 Å². The fourth-order valence-electron chi connectivity index (χ4n) is 2.63. The lowest BCUT2D eigenvalue weighted by Gasteiger charge is -2.17. The van der Waals surface area contributed by atoms with Crippen LogP contribution in [0.5, 0.6) is 0 Å². The first-order valence-electron chi connectivity index (χ1n) is 7.30. The molecule has 114 valence electrons. The van der Waals surface area contributed by atoms with Gasteiger partial charge >= 0.3 is 5.97 Å². The highest BCUT2D eigenvalue weighted by atomic mass is 16.4. The van der Waals surface area contributed by atoms with Crippen LogP contribution in [-0.4, -0.2) is 17.0 Å². The summed E-state index contributed by atoms with van der Waals surface area (Å²) in [5.41, 5.74) is 0.766. The second-order valence-corrected chi connectivity index (χ2v) is 5.51. The van der Waals surface area contributed by atoms with E-state index in [1.807, 2.05) is 30.3 Å². The normalized spacial score (nSPS) is 15.3. The Labute approximate surface area is 127 Å². The molecule has 1 aliphatic rings. The molecule has 0 aliphatic heterocycles. The maximum atomic E-state index is 12.4. The summed E-state index contributed by atoms with van der Waals surface area (Å²) < 4.78 is 5.40. The minimum absolute atomic E-state index is 0.0523. The smallest absolute Gasteiger partial charge is 0.339 e. The summed E-state index contributed by atoms with van der Waals surface area (Å²) in [6, 6.07) is 11.1. The predicted molar refractivity (Wildman–Crippen MR) is 79.9 cm³/mol. The average Bonchev–Trinajstić information content (AvgIpc) is 3.16. The van der Waals surface area contributed by atoms with E-state index in [9.17, 15) is 9.59 Å². The summed E-state index contributed by atoms with van der Waals surface area (Å²) in [5.74, 6) is -1.08. The first kappa shape index (κ1) is 14.4. The molecule has 1 saturated carbocycles. The van der Waals surface area contributed by atoms with E-state index in [-0.39, 0.29) is 22.8 Å². The van der Waals surface area contributed by atoms with Gasteiger partial charge in [-0.15, -0.1) is 0 Å². The van der Waals surface area contributed by atoms with Crippen molar-refractivity contribution < 1.29 is 19.1 Å². The number of rotatable bonds is 5. The molecule has 1 heterocycles. The summed E-state index contributed by atoms with van der Waals surface area (Å²) >= 11 is 0. The third kappa shape index (κ3) is 2.50. The van der Waals surface area contributed by atoms with Crippen molar-refractivity contribution in [1.29, 1.82) is 0 Å². The van der Waals surface area contributed by atoms with Crippen molar-refractivity contribution in [1.82, 2.24) is 5.32 Å². The zero-order valence-electron chi connectivity index (χ0n) is 12.3. The standard InChI is InChI=1S/C17H17NO4/c1-2-13-12(16(20)21)10-14(22-13)15(19)18-17(8-9-17)11-6-4-3-5-7-11/h3-7,10H,2,8-9H2,1H3,(H,18,19)(H,20,21). The summed E-state index contributed by atoms with van der Waals surface area (Å²) in [6.07, 6.45) is 2.17. The van der Waals surface area contributed by atoms with E-state index in [1.54, 1.807) is 6.92 Å². The lowest BCUT2D eigenvalue weighted by molar-refractivity contribution is 0.0694. The molecule has 5 nitrogen and oxygen atoms in total. The van der Waals surface area contributed by atoms with E-state index in [2.05, 4.69) is 5.32 Å². The van der Waals surface area contributed by atoms with Crippen LogP contribution in [0.25, 0.3) is 0 Å². The van der Waals surface area contributed by atoms with Gasteiger partial charge in [-0.1, -0.05) is 37.3 Å². The first-order chi connectivity index (χ1) is 10.6. The van der Waals surface area contributed by atoms with Gasteiger partial charge in [0.15, 0.2) is 5.76 Å². The Morgan fingerprint density at radius 2 is 1.95 bits per heavy atom. The Kier molecular flexibility index (Phi) is 3.48. The molecule has 2 aromatic rings. The molecule has 0 radical (unpaired) electrons. The van der Waals surface area contributed by atoms with Crippen LogP contribution in [0.4, 0.5) is 0 Å². The molecule has 0 atom stereocenters. The van der Waals surface area contributed by atoms with Crippen molar-refractivity contribution in [3.63, 3.8) is 0 Å². The first-order valence-corrected chi connectivity index (χ1v) is 7.30. The third-order valence-corrected chi connectivity index (χ3v) is 4.01. The molecule has 0 bridgehead atoms. The topological polar surface area (TPSA) is 79.5 Å². The molecule has 1 aliphatic carbocycles. The molecule has 0 saturated heterocycles. The van der Waals surface area contributed by atoms with E-state index < -0.39 is 5.97 Å². The Morgan fingerprint density at radius 3 is 2.45 bits per heavy atom. The van der Waals surface area contributed by atoms with Crippen molar-refractivity contribution in [3.05, 3.63) is 59.0 Å². The van der Waals surface area contributed by atoms with Crippen LogP contribution in [0.15, 0.2) is 40.8 Å². The van der Waals surface area contributed by atoms with Crippen LogP contribution < -0.4 is 5.32 Å². The summed E-state index contributed by atoms with van der Waals surface area (Å²) in [6.45, 7) is 1.79. The molecule has 0 spiro atoms. The SMILES string of the molecule is CCc1oc(C(=O)NC2(c3ccccc3)CC2)cc1C(=O)O. The molecule has 1 amide bonds. The quantitative estimate of drug-likeness (QED) is 0.889. The average molecular weight is 299 g/mol. The Bertz CT molecular complexity index is 714. The molecule has 1 aromatic carbocycles. The van der Waals surface area contributed by atoms with E-state index in [4.69, 9.17) is 9.52 Å². The number of aryl methyl sites for hydroxylation is 1. The lowest BCUT2D eigenvalue weighted by Crippen LogP contribution is -2.34. The van der Waals surface area contributed by atoms with Gasteiger partial charge in [-0.25, -0.2) is 4.79 Å². The van der Waals surface area contributed by atoms with Gasteiger partial charge in [0.25, 0.3) is 5.91 Å². The molecule has 1 aromatic heterocycles. The van der Waals surface area contributed by atoms with Gasteiger partial charge in [0.05, 0.1) is 5.54 Å². The highest BCUT2D eigenvalue weighted by Crippen LogP contribution is 2.45. The van der Waals surface area contributed by atoms with Gasteiger partial charge in [-0.3, -0.25) is 4.79 Å². The molecule has 0 unspecified atom stereocenters.